The molecule has 2 aliphatic rings. The zero-order valence-electron chi connectivity index (χ0n) is 7.09. The fraction of sp³-hybridized carbons (Fsp3) is 0.333. The standard InChI is InChI=1S/C9H10N2O/c1-5-3-7-4-10-9(12)8(7)6(2)11-5/h3-4,8H,1-2H3,(H,10,12)/t8-/m0/s1. The van der Waals surface area contributed by atoms with Gasteiger partial charge in [-0.1, -0.05) is 0 Å². The van der Waals surface area contributed by atoms with Crippen LogP contribution < -0.4 is 5.32 Å². The number of nitrogens with one attached hydrogen (secondary N) is 1. The average Bonchev–Trinajstić information content (AvgIpc) is 2.31. The van der Waals surface area contributed by atoms with Crippen molar-refractivity contribution in [3.05, 3.63) is 23.5 Å². The van der Waals surface area contributed by atoms with Crippen molar-refractivity contribution in [2.75, 3.05) is 0 Å². The minimum Gasteiger partial charge on any atom is -0.331 e. The van der Waals surface area contributed by atoms with Crippen LogP contribution in [0.4, 0.5) is 0 Å². The number of carbonyl (C=O) groups excluding carboxylic acids is 1. The maximum absolute atomic E-state index is 11.3. The zero-order chi connectivity index (χ0) is 8.72. The molecule has 0 saturated carbocycles. The van der Waals surface area contributed by atoms with Gasteiger partial charge in [0, 0.05) is 17.6 Å². The highest BCUT2D eigenvalue weighted by atomic mass is 16.2. The number of fused-ring (bicyclic) bond motifs is 1. The van der Waals surface area contributed by atoms with E-state index >= 15 is 0 Å². The molecular weight excluding hydrogens is 152 g/mol. The smallest absolute Gasteiger partial charge is 0.237 e. The number of carbonyl (C=O) groups is 1. The van der Waals surface area contributed by atoms with E-state index in [0.29, 0.717) is 0 Å². The molecule has 0 unspecified atom stereocenters. The summed E-state index contributed by atoms with van der Waals surface area (Å²) in [5, 5.41) is 2.69. The largest absolute Gasteiger partial charge is 0.331 e. The third-order valence-corrected chi connectivity index (χ3v) is 2.12. The quantitative estimate of drug-likeness (QED) is 0.567. The molecule has 0 aromatic rings. The van der Waals surface area contributed by atoms with Crippen molar-refractivity contribution in [2.24, 2.45) is 10.9 Å². The molecule has 2 heterocycles. The first-order valence-corrected chi connectivity index (χ1v) is 3.92. The molecule has 12 heavy (non-hydrogen) atoms. The summed E-state index contributed by atoms with van der Waals surface area (Å²) in [4.78, 5) is 15.5. The van der Waals surface area contributed by atoms with Crippen LogP contribution in [0.2, 0.25) is 0 Å². The fourth-order valence-electron chi connectivity index (χ4n) is 1.64. The molecule has 0 aromatic heterocycles. The molecule has 3 heteroatoms. The van der Waals surface area contributed by atoms with E-state index in [2.05, 4.69) is 10.3 Å². The molecular formula is C9H10N2O. The van der Waals surface area contributed by atoms with Crippen LogP contribution in [0.1, 0.15) is 13.8 Å². The Morgan fingerprint density at radius 1 is 1.50 bits per heavy atom. The Bertz CT molecular complexity index is 336. The summed E-state index contributed by atoms with van der Waals surface area (Å²) in [6, 6.07) is 0. The van der Waals surface area contributed by atoms with Gasteiger partial charge in [0.25, 0.3) is 0 Å². The second-order valence-electron chi connectivity index (χ2n) is 3.12. The van der Waals surface area contributed by atoms with Crippen LogP contribution in [0.5, 0.6) is 0 Å². The maximum Gasteiger partial charge on any atom is 0.237 e. The zero-order valence-corrected chi connectivity index (χ0v) is 7.09. The molecule has 0 radical (unpaired) electrons. The first-order chi connectivity index (χ1) is 5.68. The van der Waals surface area contributed by atoms with Crippen LogP contribution in [-0.4, -0.2) is 11.6 Å². The first kappa shape index (κ1) is 7.28. The molecule has 1 amide bonds. The van der Waals surface area contributed by atoms with E-state index in [1.54, 1.807) is 6.20 Å². The van der Waals surface area contributed by atoms with E-state index in [4.69, 9.17) is 0 Å². The van der Waals surface area contributed by atoms with Gasteiger partial charge in [0.15, 0.2) is 0 Å². The Hall–Kier alpha value is -1.38. The lowest BCUT2D eigenvalue weighted by molar-refractivity contribution is -0.120. The number of amides is 1. The Morgan fingerprint density at radius 3 is 3.00 bits per heavy atom. The van der Waals surface area contributed by atoms with Crippen molar-refractivity contribution < 1.29 is 4.79 Å². The van der Waals surface area contributed by atoms with Gasteiger partial charge in [0.2, 0.25) is 5.91 Å². The average molecular weight is 162 g/mol. The van der Waals surface area contributed by atoms with Gasteiger partial charge in [-0.15, -0.1) is 0 Å². The number of hydrogen-bond donors (Lipinski definition) is 1. The van der Waals surface area contributed by atoms with E-state index in [1.165, 1.54) is 0 Å². The summed E-state index contributed by atoms with van der Waals surface area (Å²) in [6.07, 6.45) is 3.70. The topological polar surface area (TPSA) is 41.5 Å². The van der Waals surface area contributed by atoms with Gasteiger partial charge in [-0.2, -0.15) is 0 Å². The van der Waals surface area contributed by atoms with E-state index in [-0.39, 0.29) is 11.8 Å². The van der Waals surface area contributed by atoms with Crippen LogP contribution in [0.3, 0.4) is 0 Å². The summed E-state index contributed by atoms with van der Waals surface area (Å²) in [7, 11) is 0. The summed E-state index contributed by atoms with van der Waals surface area (Å²) < 4.78 is 0. The number of rotatable bonds is 0. The Labute approximate surface area is 70.9 Å². The number of nitrogens with zero attached hydrogens (tertiary/aromatic N) is 1. The highest BCUT2D eigenvalue weighted by Crippen LogP contribution is 2.25. The van der Waals surface area contributed by atoms with Gasteiger partial charge >= 0.3 is 0 Å². The summed E-state index contributed by atoms with van der Waals surface area (Å²) in [5.74, 6) is -0.0938. The van der Waals surface area contributed by atoms with Crippen LogP contribution in [0.25, 0.3) is 0 Å². The van der Waals surface area contributed by atoms with Gasteiger partial charge in [-0.25, -0.2) is 0 Å². The second kappa shape index (κ2) is 2.30. The van der Waals surface area contributed by atoms with Gasteiger partial charge < -0.3 is 5.32 Å². The van der Waals surface area contributed by atoms with E-state index in [1.807, 2.05) is 19.9 Å². The normalized spacial score (nSPS) is 27.0. The minimum atomic E-state index is -0.131. The van der Waals surface area contributed by atoms with Gasteiger partial charge in [-0.05, 0) is 25.5 Å². The van der Waals surface area contributed by atoms with Crippen molar-refractivity contribution in [3.8, 4) is 0 Å². The lowest BCUT2D eigenvalue weighted by Crippen LogP contribution is -2.26. The van der Waals surface area contributed by atoms with Gasteiger partial charge in [-0.3, -0.25) is 9.79 Å². The summed E-state index contributed by atoms with van der Waals surface area (Å²) in [6.45, 7) is 3.82. The van der Waals surface area contributed by atoms with Crippen molar-refractivity contribution in [2.45, 2.75) is 13.8 Å². The SMILES string of the molecule is CC1=CC2=CNC(=O)[C@H]2C(C)=N1. The molecule has 0 saturated heterocycles. The van der Waals surface area contributed by atoms with Gasteiger partial charge in [0.1, 0.15) is 5.92 Å². The molecule has 0 fully saturated rings. The third-order valence-electron chi connectivity index (χ3n) is 2.12. The number of hydrogen-bond acceptors (Lipinski definition) is 2. The van der Waals surface area contributed by atoms with Crippen LogP contribution in [-0.2, 0) is 4.79 Å². The Kier molecular flexibility index (Phi) is 1.40. The van der Waals surface area contributed by atoms with Crippen molar-refractivity contribution >= 4 is 11.6 Å². The predicted octanol–water partition coefficient (Wildman–Crippen LogP) is 0.995. The molecule has 62 valence electrons. The fourth-order valence-corrected chi connectivity index (χ4v) is 1.64. The molecule has 1 atom stereocenters. The Balaban J connectivity index is 2.46. The molecule has 0 bridgehead atoms. The van der Waals surface area contributed by atoms with Crippen LogP contribution in [0.15, 0.2) is 28.5 Å². The highest BCUT2D eigenvalue weighted by molar-refractivity contribution is 6.09. The van der Waals surface area contributed by atoms with Crippen molar-refractivity contribution in [1.29, 1.82) is 0 Å². The number of aliphatic imine (C=N–C) groups is 1. The first-order valence-electron chi connectivity index (χ1n) is 3.92. The number of allylic oxidation sites excluding steroid dienone is 2. The molecule has 0 aromatic carbocycles. The molecule has 1 N–H and O–H groups in total. The lowest BCUT2D eigenvalue weighted by Gasteiger charge is -2.14. The Morgan fingerprint density at radius 2 is 2.25 bits per heavy atom. The lowest BCUT2D eigenvalue weighted by atomic mass is 9.94. The molecule has 2 rings (SSSR count). The van der Waals surface area contributed by atoms with Crippen LogP contribution >= 0.6 is 0 Å². The predicted molar refractivity (Wildman–Crippen MR) is 46.6 cm³/mol. The molecule has 2 aliphatic heterocycles. The molecule has 0 spiro atoms. The highest BCUT2D eigenvalue weighted by Gasteiger charge is 2.30. The third kappa shape index (κ3) is 0.897. The van der Waals surface area contributed by atoms with Crippen molar-refractivity contribution in [1.82, 2.24) is 5.32 Å². The van der Waals surface area contributed by atoms with E-state index in [9.17, 15) is 4.79 Å². The monoisotopic (exact) mass is 162 g/mol. The summed E-state index contributed by atoms with van der Waals surface area (Å²) in [5.41, 5.74) is 2.88. The van der Waals surface area contributed by atoms with Gasteiger partial charge in [0.05, 0.1) is 0 Å². The molecule has 3 nitrogen and oxygen atoms in total. The second-order valence-corrected chi connectivity index (χ2v) is 3.12. The maximum atomic E-state index is 11.3. The van der Waals surface area contributed by atoms with Crippen LogP contribution in [0, 0.1) is 5.92 Å². The van der Waals surface area contributed by atoms with E-state index < -0.39 is 0 Å². The minimum absolute atomic E-state index is 0.0370. The van der Waals surface area contributed by atoms with E-state index in [0.717, 1.165) is 17.0 Å². The molecule has 0 aliphatic carbocycles. The van der Waals surface area contributed by atoms with Crippen molar-refractivity contribution in [3.63, 3.8) is 0 Å². The summed E-state index contributed by atoms with van der Waals surface area (Å²) >= 11 is 0.